The minimum absolute atomic E-state index is 0.00516. The summed E-state index contributed by atoms with van der Waals surface area (Å²) in [4.78, 5) is 31.2. The molecular formula is C19H18FN3O2S. The Morgan fingerprint density at radius 2 is 1.81 bits per heavy atom. The largest absolute Gasteiger partial charge is 0.344 e. The summed E-state index contributed by atoms with van der Waals surface area (Å²) in [7, 11) is 0. The lowest BCUT2D eigenvalue weighted by Gasteiger charge is -2.38. The van der Waals surface area contributed by atoms with Crippen molar-refractivity contribution in [2.24, 2.45) is 5.41 Å². The Hall–Kier alpha value is -2.54. The van der Waals surface area contributed by atoms with Crippen molar-refractivity contribution >= 4 is 23.8 Å². The van der Waals surface area contributed by atoms with E-state index < -0.39 is 5.92 Å². The van der Waals surface area contributed by atoms with Crippen LogP contribution in [0.4, 0.5) is 10.2 Å². The minimum Gasteiger partial charge on any atom is -0.344 e. The first-order valence-corrected chi connectivity index (χ1v) is 8.81. The van der Waals surface area contributed by atoms with Gasteiger partial charge in [-0.25, -0.2) is 4.39 Å². The van der Waals surface area contributed by atoms with Crippen LogP contribution in [0.2, 0.25) is 0 Å². The van der Waals surface area contributed by atoms with E-state index in [0.717, 1.165) is 5.70 Å². The van der Waals surface area contributed by atoms with Gasteiger partial charge >= 0.3 is 0 Å². The van der Waals surface area contributed by atoms with Crippen LogP contribution >= 0.6 is 12.2 Å². The molecule has 3 N–H and O–H groups in total. The molecule has 0 bridgehead atoms. The van der Waals surface area contributed by atoms with Gasteiger partial charge in [0.25, 0.3) is 5.56 Å². The lowest BCUT2D eigenvalue weighted by Crippen LogP contribution is -2.36. The van der Waals surface area contributed by atoms with Crippen molar-refractivity contribution in [2.45, 2.75) is 32.6 Å². The zero-order chi connectivity index (χ0) is 18.6. The van der Waals surface area contributed by atoms with E-state index in [0.29, 0.717) is 35.4 Å². The molecule has 2 aliphatic rings. The molecule has 0 spiro atoms. The number of halogens is 1. The van der Waals surface area contributed by atoms with Crippen molar-refractivity contribution in [1.82, 2.24) is 9.97 Å². The number of ketones is 1. The van der Waals surface area contributed by atoms with E-state index in [1.165, 1.54) is 12.1 Å². The average molecular weight is 371 g/mol. The first kappa shape index (κ1) is 16.9. The van der Waals surface area contributed by atoms with Crippen LogP contribution in [0.3, 0.4) is 0 Å². The smallest absolute Gasteiger partial charge is 0.257 e. The van der Waals surface area contributed by atoms with Gasteiger partial charge in [-0.1, -0.05) is 26.0 Å². The molecule has 0 fully saturated rings. The van der Waals surface area contributed by atoms with Gasteiger partial charge in [0, 0.05) is 23.6 Å². The molecule has 2 heterocycles. The van der Waals surface area contributed by atoms with Crippen molar-refractivity contribution in [3.63, 3.8) is 0 Å². The molecule has 2 aromatic rings. The molecule has 0 unspecified atom stereocenters. The Labute approximate surface area is 154 Å². The fourth-order valence-corrected chi connectivity index (χ4v) is 4.13. The molecule has 1 aromatic heterocycles. The van der Waals surface area contributed by atoms with Gasteiger partial charge in [-0.15, -0.1) is 0 Å². The number of H-pyrrole nitrogens is 2. The lowest BCUT2D eigenvalue weighted by atomic mass is 9.69. The molecule has 1 aromatic carbocycles. The molecule has 0 saturated carbocycles. The zero-order valence-electron chi connectivity index (χ0n) is 14.4. The number of carbonyl (C=O) groups excluding carboxylic acids is 1. The minimum atomic E-state index is -0.555. The highest BCUT2D eigenvalue weighted by molar-refractivity contribution is 7.71. The molecule has 1 aliphatic heterocycles. The topological polar surface area (TPSA) is 77.8 Å². The maximum atomic E-state index is 13.4. The Bertz CT molecular complexity index is 1060. The summed E-state index contributed by atoms with van der Waals surface area (Å²) in [5.74, 6) is -0.418. The van der Waals surface area contributed by atoms with Gasteiger partial charge in [0.05, 0.1) is 5.56 Å². The Morgan fingerprint density at radius 3 is 2.50 bits per heavy atom. The van der Waals surface area contributed by atoms with Gasteiger partial charge in [-0.05, 0) is 41.7 Å². The fraction of sp³-hybridized carbons (Fsp3) is 0.316. The quantitative estimate of drug-likeness (QED) is 0.667. The summed E-state index contributed by atoms with van der Waals surface area (Å²) >= 11 is 5.09. The number of aromatic amines is 2. The van der Waals surface area contributed by atoms with E-state index in [2.05, 4.69) is 15.3 Å². The van der Waals surface area contributed by atoms with E-state index in [1.54, 1.807) is 12.1 Å². The molecule has 1 aliphatic carbocycles. The second-order valence-electron chi connectivity index (χ2n) is 7.64. The number of fused-ring (bicyclic) bond motifs is 1. The van der Waals surface area contributed by atoms with Gasteiger partial charge in [0.15, 0.2) is 10.6 Å². The normalized spacial score (nSPS) is 21.0. The van der Waals surface area contributed by atoms with Crippen LogP contribution in [-0.2, 0) is 4.79 Å². The van der Waals surface area contributed by atoms with Gasteiger partial charge in [-0.3, -0.25) is 14.6 Å². The van der Waals surface area contributed by atoms with E-state index in [-0.39, 0.29) is 27.3 Å². The number of carbonyl (C=O) groups is 1. The summed E-state index contributed by atoms with van der Waals surface area (Å²) < 4.78 is 13.6. The predicted octanol–water partition coefficient (Wildman–Crippen LogP) is 3.77. The van der Waals surface area contributed by atoms with Crippen molar-refractivity contribution in [3.8, 4) is 0 Å². The van der Waals surface area contributed by atoms with Gasteiger partial charge in [0.2, 0.25) is 0 Å². The molecule has 4 rings (SSSR count). The number of hydrogen-bond donors (Lipinski definition) is 3. The van der Waals surface area contributed by atoms with E-state index in [9.17, 15) is 14.0 Å². The molecule has 0 amide bonds. The highest BCUT2D eigenvalue weighted by Crippen LogP contribution is 2.47. The monoisotopic (exact) mass is 371 g/mol. The van der Waals surface area contributed by atoms with Crippen molar-refractivity contribution < 1.29 is 9.18 Å². The highest BCUT2D eigenvalue weighted by Gasteiger charge is 2.41. The van der Waals surface area contributed by atoms with Gasteiger partial charge in [-0.2, -0.15) is 0 Å². The standard InChI is InChI=1S/C19H18FN3O2S/c1-19(2)7-11-14(12(24)8-19)13(9-3-5-10(20)6-4-9)15-16(21-11)22-18(26)23-17(15)25/h3-6,13H,7-8H2,1-2H3,(H3,21,22,23,25,26)/t13-/m1/s1. The molecule has 26 heavy (non-hydrogen) atoms. The molecular weight excluding hydrogens is 353 g/mol. The first-order valence-electron chi connectivity index (χ1n) is 8.40. The third-order valence-corrected chi connectivity index (χ3v) is 5.16. The summed E-state index contributed by atoms with van der Waals surface area (Å²) in [5.41, 5.74) is 1.95. The van der Waals surface area contributed by atoms with Crippen molar-refractivity contribution in [2.75, 3.05) is 5.32 Å². The number of hydrogen-bond acceptors (Lipinski definition) is 4. The van der Waals surface area contributed by atoms with Gasteiger partial charge < -0.3 is 10.3 Å². The summed E-state index contributed by atoms with van der Waals surface area (Å²) in [6, 6.07) is 5.92. The third kappa shape index (κ3) is 2.72. The first-order chi connectivity index (χ1) is 12.2. The Kier molecular flexibility index (Phi) is 3.73. The van der Waals surface area contributed by atoms with E-state index in [4.69, 9.17) is 12.2 Å². The Balaban J connectivity index is 2.00. The molecule has 134 valence electrons. The van der Waals surface area contributed by atoms with Crippen LogP contribution in [0.5, 0.6) is 0 Å². The number of benzene rings is 1. The van der Waals surface area contributed by atoms with Crippen LogP contribution in [-0.4, -0.2) is 15.8 Å². The third-order valence-electron chi connectivity index (χ3n) is 4.96. The Morgan fingerprint density at radius 1 is 1.12 bits per heavy atom. The van der Waals surface area contributed by atoms with Crippen molar-refractivity contribution in [1.29, 1.82) is 0 Å². The molecule has 7 heteroatoms. The van der Waals surface area contributed by atoms with E-state index >= 15 is 0 Å². The molecule has 0 radical (unpaired) electrons. The zero-order valence-corrected chi connectivity index (χ0v) is 15.2. The SMILES string of the molecule is CC1(C)CC(=O)C2=C(C1)Nc1[nH]c(=S)[nH]c(=O)c1[C@@H]2c1ccc(F)cc1. The lowest BCUT2D eigenvalue weighted by molar-refractivity contribution is -0.118. The maximum Gasteiger partial charge on any atom is 0.257 e. The van der Waals surface area contributed by atoms with Gasteiger partial charge in [0.1, 0.15) is 11.6 Å². The molecule has 1 atom stereocenters. The van der Waals surface area contributed by atoms with Crippen LogP contribution < -0.4 is 10.9 Å². The van der Waals surface area contributed by atoms with Crippen LogP contribution in [0.25, 0.3) is 0 Å². The molecule has 0 saturated heterocycles. The predicted molar refractivity (Wildman–Crippen MR) is 99.2 cm³/mol. The van der Waals surface area contributed by atoms with Crippen LogP contribution in [0.15, 0.2) is 40.3 Å². The second kappa shape index (κ2) is 5.74. The molecule has 5 nitrogen and oxygen atoms in total. The average Bonchev–Trinajstić information content (AvgIpc) is 2.52. The number of aromatic nitrogens is 2. The summed E-state index contributed by atoms with van der Waals surface area (Å²) in [6.45, 7) is 4.08. The highest BCUT2D eigenvalue weighted by atomic mass is 32.1. The summed E-state index contributed by atoms with van der Waals surface area (Å²) in [6.07, 6.45) is 1.08. The number of nitrogens with one attached hydrogen (secondary N) is 3. The van der Waals surface area contributed by atoms with E-state index in [1.807, 2.05) is 13.8 Å². The number of rotatable bonds is 1. The van der Waals surface area contributed by atoms with Crippen molar-refractivity contribution in [3.05, 3.63) is 67.6 Å². The number of anilines is 1. The number of allylic oxidation sites excluding steroid dienone is 2. The maximum absolute atomic E-state index is 13.4. The second-order valence-corrected chi connectivity index (χ2v) is 8.05. The summed E-state index contributed by atoms with van der Waals surface area (Å²) in [5, 5.41) is 3.22. The van der Waals surface area contributed by atoms with Crippen LogP contribution in [0.1, 0.15) is 43.7 Å². The fourth-order valence-electron chi connectivity index (χ4n) is 3.94. The number of Topliss-reactive ketones (excluding diaryl/α,β-unsaturated/α-hetero) is 1. The van der Waals surface area contributed by atoms with Crippen LogP contribution in [0, 0.1) is 16.0 Å².